The molecule has 143 valence electrons. The van der Waals surface area contributed by atoms with Crippen molar-refractivity contribution in [1.29, 1.82) is 0 Å². The van der Waals surface area contributed by atoms with Crippen molar-refractivity contribution < 1.29 is 22.8 Å². The van der Waals surface area contributed by atoms with Gasteiger partial charge >= 0.3 is 7.75 Å². The number of benzene rings is 1. The van der Waals surface area contributed by atoms with E-state index in [-0.39, 0.29) is 25.2 Å². The smallest absolute Gasteiger partial charge is 0.308 e. The van der Waals surface area contributed by atoms with Gasteiger partial charge in [0.15, 0.2) is 0 Å². The predicted molar refractivity (Wildman–Crippen MR) is 98.8 cm³/mol. The third-order valence-electron chi connectivity index (χ3n) is 3.68. The summed E-state index contributed by atoms with van der Waals surface area (Å²) in [5, 5.41) is -0.0913. The van der Waals surface area contributed by atoms with Gasteiger partial charge in [-0.1, -0.05) is 25.4 Å². The van der Waals surface area contributed by atoms with Crippen LogP contribution >= 0.6 is 19.3 Å². The first-order valence-corrected chi connectivity index (χ1v) is 11.3. The van der Waals surface area contributed by atoms with Crippen LogP contribution in [-0.2, 0) is 14.6 Å². The number of sulfonamides is 1. The summed E-state index contributed by atoms with van der Waals surface area (Å²) in [6.07, 6.45) is 1.24. The molecule has 0 fully saturated rings. The minimum absolute atomic E-state index is 0.129. The summed E-state index contributed by atoms with van der Waals surface area (Å²) in [6.45, 7) is 4.35. The molecule has 0 saturated heterocycles. The molecule has 0 atom stereocenters. The second kappa shape index (κ2) is 7.80. The van der Waals surface area contributed by atoms with Crippen molar-refractivity contribution in [1.82, 2.24) is 8.64 Å². The van der Waals surface area contributed by atoms with Gasteiger partial charge in [0.05, 0.1) is 16.6 Å². The van der Waals surface area contributed by atoms with Gasteiger partial charge in [0.2, 0.25) is 10.0 Å². The lowest BCUT2D eigenvalue weighted by Gasteiger charge is -2.22. The van der Waals surface area contributed by atoms with Gasteiger partial charge in [0.1, 0.15) is 4.90 Å². The highest BCUT2D eigenvalue weighted by Crippen LogP contribution is 2.39. The van der Waals surface area contributed by atoms with Gasteiger partial charge in [-0.15, -0.1) is 0 Å². The van der Waals surface area contributed by atoms with Gasteiger partial charge in [-0.3, -0.25) is 4.79 Å². The van der Waals surface area contributed by atoms with Crippen LogP contribution in [0.25, 0.3) is 10.9 Å². The maximum absolute atomic E-state index is 12.9. The Kier molecular flexibility index (Phi) is 6.32. The summed E-state index contributed by atoms with van der Waals surface area (Å²) in [5.74, 6) is 0. The molecule has 1 radical (unpaired) electrons. The Morgan fingerprint density at radius 1 is 1.23 bits per heavy atom. The highest BCUT2D eigenvalue weighted by molar-refractivity contribution is 7.89. The van der Waals surface area contributed by atoms with Crippen molar-refractivity contribution in [3.8, 4) is 0 Å². The number of hydrogen-bond donors (Lipinski definition) is 2. The van der Waals surface area contributed by atoms with Crippen LogP contribution in [0.1, 0.15) is 26.7 Å². The lowest BCUT2D eigenvalue weighted by Crippen LogP contribution is -2.32. The first-order chi connectivity index (χ1) is 12.0. The summed E-state index contributed by atoms with van der Waals surface area (Å²) in [4.78, 5) is 30.4. The molecule has 1 aromatic carbocycles. The molecule has 1 aromatic heterocycles. The number of rotatable bonds is 7. The zero-order chi connectivity index (χ0) is 19.7. The third-order valence-corrected chi connectivity index (χ3v) is 6.96. The molecule has 0 aliphatic heterocycles. The molecule has 11 heteroatoms. The molecular formula is C15H19ClN2O6PS. The van der Waals surface area contributed by atoms with E-state index in [0.717, 1.165) is 6.07 Å². The van der Waals surface area contributed by atoms with Gasteiger partial charge in [-0.25, -0.2) is 17.3 Å². The van der Waals surface area contributed by atoms with E-state index >= 15 is 0 Å². The van der Waals surface area contributed by atoms with Gasteiger partial charge in [-0.2, -0.15) is 4.31 Å². The number of halogens is 1. The fourth-order valence-electron chi connectivity index (χ4n) is 2.61. The van der Waals surface area contributed by atoms with Crippen LogP contribution in [0, 0.1) is 6.07 Å². The molecular weight excluding hydrogens is 403 g/mol. The van der Waals surface area contributed by atoms with Crippen LogP contribution in [0.5, 0.6) is 0 Å². The molecule has 26 heavy (non-hydrogen) atoms. The number of hydrogen-bond acceptors (Lipinski definition) is 4. The summed E-state index contributed by atoms with van der Waals surface area (Å²) in [5.41, 5.74) is -1.19. The maximum Gasteiger partial charge on any atom is 0.437 e. The maximum atomic E-state index is 12.9. The van der Waals surface area contributed by atoms with Crippen molar-refractivity contribution in [3.63, 3.8) is 0 Å². The fourth-order valence-corrected chi connectivity index (χ4v) is 5.52. The molecule has 8 nitrogen and oxygen atoms in total. The monoisotopic (exact) mass is 421 g/mol. The highest BCUT2D eigenvalue weighted by atomic mass is 35.5. The van der Waals surface area contributed by atoms with Gasteiger partial charge in [0, 0.05) is 18.5 Å². The van der Waals surface area contributed by atoms with E-state index < -0.39 is 23.3 Å². The van der Waals surface area contributed by atoms with E-state index in [1.165, 1.54) is 16.4 Å². The summed E-state index contributed by atoms with van der Waals surface area (Å²) in [6, 6.07) is 5.65. The predicted octanol–water partition coefficient (Wildman–Crippen LogP) is 2.21. The Bertz CT molecular complexity index is 1020. The quantitative estimate of drug-likeness (QED) is 0.662. The van der Waals surface area contributed by atoms with Gasteiger partial charge in [0.25, 0.3) is 5.56 Å². The summed E-state index contributed by atoms with van der Waals surface area (Å²) < 4.78 is 39.0. The van der Waals surface area contributed by atoms with Crippen molar-refractivity contribution in [2.75, 3.05) is 13.1 Å². The number of aromatic nitrogens is 1. The van der Waals surface area contributed by atoms with Crippen LogP contribution in [-0.4, -0.2) is 39.9 Å². The molecule has 2 rings (SSSR count). The lowest BCUT2D eigenvalue weighted by atomic mass is 10.2. The van der Waals surface area contributed by atoms with Crippen LogP contribution in [0.4, 0.5) is 0 Å². The van der Waals surface area contributed by atoms with E-state index in [1.54, 1.807) is 0 Å². The second-order valence-electron chi connectivity index (χ2n) is 5.66. The largest absolute Gasteiger partial charge is 0.437 e. The zero-order valence-electron chi connectivity index (χ0n) is 14.2. The Morgan fingerprint density at radius 3 is 2.31 bits per heavy atom. The normalized spacial score (nSPS) is 12.8. The Balaban J connectivity index is 2.76. The first kappa shape index (κ1) is 21.1. The van der Waals surface area contributed by atoms with Crippen LogP contribution in [0.2, 0.25) is 5.02 Å². The molecule has 0 aliphatic carbocycles. The van der Waals surface area contributed by atoms with Crippen LogP contribution in [0.15, 0.2) is 27.9 Å². The van der Waals surface area contributed by atoms with E-state index in [9.17, 15) is 27.6 Å². The number of pyridine rings is 1. The van der Waals surface area contributed by atoms with Crippen molar-refractivity contribution in [2.24, 2.45) is 0 Å². The topological polar surface area (TPSA) is 117 Å². The van der Waals surface area contributed by atoms with E-state index in [2.05, 4.69) is 6.07 Å². The summed E-state index contributed by atoms with van der Waals surface area (Å²) >= 11 is 6.12. The van der Waals surface area contributed by atoms with E-state index in [1.807, 2.05) is 13.8 Å². The lowest BCUT2D eigenvalue weighted by molar-refractivity contribution is 0.361. The van der Waals surface area contributed by atoms with E-state index in [4.69, 9.17) is 11.6 Å². The molecule has 0 amide bonds. The minimum atomic E-state index is -4.96. The molecule has 2 aromatic rings. The molecule has 0 spiro atoms. The Labute approximate surface area is 156 Å². The van der Waals surface area contributed by atoms with E-state index in [0.29, 0.717) is 25.9 Å². The summed E-state index contributed by atoms with van der Waals surface area (Å²) in [7, 11) is -8.86. The number of nitrogens with zero attached hydrogens (tertiary/aromatic N) is 2. The fraction of sp³-hybridized carbons (Fsp3) is 0.400. The molecule has 2 N–H and O–H groups in total. The van der Waals surface area contributed by atoms with Crippen LogP contribution < -0.4 is 5.56 Å². The minimum Gasteiger partial charge on any atom is -0.308 e. The Hall–Kier alpha value is -1.22. The molecule has 0 saturated carbocycles. The Morgan fingerprint density at radius 2 is 1.81 bits per heavy atom. The third kappa shape index (κ3) is 4.03. The van der Waals surface area contributed by atoms with Crippen molar-refractivity contribution in [2.45, 2.75) is 31.6 Å². The first-order valence-electron chi connectivity index (χ1n) is 7.87. The van der Waals surface area contributed by atoms with Gasteiger partial charge < -0.3 is 9.79 Å². The standard InChI is InChI=1S/C15H19ClN2O6PS/c1-3-7-17(8-4-2)26(23,24)14-9-11-5-6-15(19)18(25(20,21)22)13(11)10-12(14)16/h5,9-10H,3-4,7-8H2,1-2H3,(H2,20,21,22). The highest BCUT2D eigenvalue weighted by Gasteiger charge is 2.28. The molecule has 0 aliphatic rings. The number of fused-ring (bicyclic) bond motifs is 1. The van der Waals surface area contributed by atoms with Crippen LogP contribution in [0.3, 0.4) is 0 Å². The molecule has 1 heterocycles. The zero-order valence-corrected chi connectivity index (χ0v) is 16.7. The van der Waals surface area contributed by atoms with Crippen molar-refractivity contribution in [3.05, 3.63) is 39.6 Å². The SMILES string of the molecule is CCCN(CCC)S(=O)(=O)c1cc2c[c]c(=O)n(P(=O)(O)O)c2cc1Cl. The second-order valence-corrected chi connectivity index (χ2v) is 9.40. The average molecular weight is 422 g/mol. The average Bonchev–Trinajstić information content (AvgIpc) is 2.52. The van der Waals surface area contributed by atoms with Gasteiger partial charge in [-0.05, 0) is 31.0 Å². The molecule has 0 unspecified atom stereocenters. The molecule has 0 bridgehead atoms. The van der Waals surface area contributed by atoms with Crippen molar-refractivity contribution >= 4 is 40.3 Å².